The van der Waals surface area contributed by atoms with Gasteiger partial charge < -0.3 is 9.30 Å². The van der Waals surface area contributed by atoms with Crippen LogP contribution in [0.4, 0.5) is 0 Å². The van der Waals surface area contributed by atoms with Gasteiger partial charge in [-0.3, -0.25) is 9.59 Å². The molecule has 0 aliphatic rings. The first kappa shape index (κ1) is 19.2. The number of hydrogen-bond acceptors (Lipinski definition) is 4. The predicted molar refractivity (Wildman–Crippen MR) is 107 cm³/mol. The van der Waals surface area contributed by atoms with Crippen molar-refractivity contribution >= 4 is 33.2 Å². The van der Waals surface area contributed by atoms with Crippen molar-refractivity contribution < 1.29 is 14.3 Å². The summed E-state index contributed by atoms with van der Waals surface area (Å²) in [6.07, 6.45) is 0. The Morgan fingerprint density at radius 1 is 1.11 bits per heavy atom. The van der Waals surface area contributed by atoms with Crippen molar-refractivity contribution in [2.75, 3.05) is 13.2 Å². The minimum atomic E-state index is -0.320. The summed E-state index contributed by atoms with van der Waals surface area (Å²) in [6.45, 7) is 7.36. The first-order chi connectivity index (χ1) is 13.0. The largest absolute Gasteiger partial charge is 0.380 e. The summed E-state index contributed by atoms with van der Waals surface area (Å²) in [5, 5.41) is 0. The third-order valence-electron chi connectivity index (χ3n) is 4.30. The van der Waals surface area contributed by atoms with Crippen molar-refractivity contribution in [2.24, 2.45) is 4.99 Å². The summed E-state index contributed by atoms with van der Waals surface area (Å²) in [4.78, 5) is 29.1. The summed E-state index contributed by atoms with van der Waals surface area (Å²) in [5.41, 5.74) is 3.27. The number of para-hydroxylation sites is 1. The molecule has 3 rings (SSSR count). The summed E-state index contributed by atoms with van der Waals surface area (Å²) >= 11 is 1.49. The number of aryl methyl sites for hydroxylation is 1. The lowest BCUT2D eigenvalue weighted by molar-refractivity contribution is 0.0990. The number of fused-ring (bicyclic) bond motifs is 1. The predicted octanol–water partition coefficient (Wildman–Crippen LogP) is 3.99. The molecule has 1 amide bonds. The first-order valence-corrected chi connectivity index (χ1v) is 9.69. The van der Waals surface area contributed by atoms with Gasteiger partial charge in [0.05, 0.1) is 16.8 Å². The summed E-state index contributed by atoms with van der Waals surface area (Å²) in [6, 6.07) is 12.7. The Balaban J connectivity index is 2.03. The number of ether oxygens (including phenoxy) is 1. The van der Waals surface area contributed by atoms with Gasteiger partial charge in [-0.25, -0.2) is 0 Å². The molecular formula is C21H22N2O3S. The molecule has 0 bridgehead atoms. The molecule has 0 spiro atoms. The van der Waals surface area contributed by atoms with Crippen molar-refractivity contribution in [3.05, 3.63) is 64.0 Å². The average molecular weight is 382 g/mol. The molecule has 0 saturated carbocycles. The molecule has 0 N–H and O–H groups in total. The van der Waals surface area contributed by atoms with Crippen LogP contribution in [0.25, 0.3) is 10.2 Å². The third-order valence-corrected chi connectivity index (χ3v) is 5.35. The number of carbonyl (C=O) groups is 2. The van der Waals surface area contributed by atoms with Gasteiger partial charge in [0.25, 0.3) is 5.91 Å². The highest BCUT2D eigenvalue weighted by atomic mass is 32.1. The monoisotopic (exact) mass is 382 g/mol. The van der Waals surface area contributed by atoms with E-state index >= 15 is 0 Å². The number of thiazole rings is 1. The Kier molecular flexibility index (Phi) is 5.98. The molecule has 0 atom stereocenters. The second kappa shape index (κ2) is 8.41. The highest BCUT2D eigenvalue weighted by Crippen LogP contribution is 2.21. The quantitative estimate of drug-likeness (QED) is 0.478. The van der Waals surface area contributed by atoms with Crippen LogP contribution in [-0.2, 0) is 11.3 Å². The summed E-state index contributed by atoms with van der Waals surface area (Å²) < 4.78 is 8.64. The van der Waals surface area contributed by atoms with Gasteiger partial charge in [0.15, 0.2) is 10.6 Å². The first-order valence-electron chi connectivity index (χ1n) is 8.88. The van der Waals surface area contributed by atoms with E-state index in [4.69, 9.17) is 4.74 Å². The molecule has 5 nitrogen and oxygen atoms in total. The van der Waals surface area contributed by atoms with Gasteiger partial charge in [-0.15, -0.1) is 0 Å². The van der Waals surface area contributed by atoms with E-state index in [-0.39, 0.29) is 11.7 Å². The van der Waals surface area contributed by atoms with E-state index in [0.29, 0.717) is 35.7 Å². The van der Waals surface area contributed by atoms with Gasteiger partial charge in [-0.2, -0.15) is 4.99 Å². The lowest BCUT2D eigenvalue weighted by Gasteiger charge is -2.07. The third kappa shape index (κ3) is 4.23. The molecule has 0 saturated heterocycles. The lowest BCUT2D eigenvalue weighted by atomic mass is 10.1. The molecule has 3 aromatic rings. The van der Waals surface area contributed by atoms with E-state index in [2.05, 4.69) is 18.0 Å². The molecule has 0 radical (unpaired) electrons. The summed E-state index contributed by atoms with van der Waals surface area (Å²) in [7, 11) is 0. The highest BCUT2D eigenvalue weighted by Gasteiger charge is 2.11. The normalized spacial score (nSPS) is 11.9. The van der Waals surface area contributed by atoms with Crippen molar-refractivity contribution in [1.29, 1.82) is 0 Å². The molecular weight excluding hydrogens is 360 g/mol. The van der Waals surface area contributed by atoms with Crippen molar-refractivity contribution in [3.8, 4) is 0 Å². The molecule has 0 fully saturated rings. The van der Waals surface area contributed by atoms with Crippen LogP contribution in [0.1, 0.15) is 40.1 Å². The molecule has 0 aliphatic heterocycles. The van der Waals surface area contributed by atoms with Crippen LogP contribution in [0.3, 0.4) is 0 Å². The van der Waals surface area contributed by atoms with E-state index in [1.54, 1.807) is 24.3 Å². The zero-order valence-electron chi connectivity index (χ0n) is 15.7. The maximum Gasteiger partial charge on any atom is 0.279 e. The van der Waals surface area contributed by atoms with E-state index in [1.165, 1.54) is 18.3 Å². The molecule has 0 unspecified atom stereocenters. The Bertz CT molecular complexity index is 1050. The zero-order valence-corrected chi connectivity index (χ0v) is 16.5. The number of carbonyl (C=O) groups excluding carboxylic acids is 2. The van der Waals surface area contributed by atoms with Crippen molar-refractivity contribution in [3.63, 3.8) is 0 Å². The molecule has 2 aromatic carbocycles. The van der Waals surface area contributed by atoms with Gasteiger partial charge >= 0.3 is 0 Å². The maximum atomic E-state index is 12.6. The van der Waals surface area contributed by atoms with Crippen LogP contribution in [0.5, 0.6) is 0 Å². The smallest absolute Gasteiger partial charge is 0.279 e. The van der Waals surface area contributed by atoms with Crippen LogP contribution in [0.2, 0.25) is 0 Å². The van der Waals surface area contributed by atoms with Gasteiger partial charge in [-0.05, 0) is 44.5 Å². The minimum absolute atomic E-state index is 0.0281. The molecule has 1 aromatic heterocycles. The van der Waals surface area contributed by atoms with Gasteiger partial charge in [0, 0.05) is 24.3 Å². The fraction of sp³-hybridized carbons (Fsp3) is 0.286. The average Bonchev–Trinajstić information content (AvgIpc) is 3.00. The van der Waals surface area contributed by atoms with Gasteiger partial charge in [0.1, 0.15) is 0 Å². The highest BCUT2D eigenvalue weighted by molar-refractivity contribution is 7.16. The second-order valence-corrected chi connectivity index (χ2v) is 7.21. The lowest BCUT2D eigenvalue weighted by Crippen LogP contribution is -2.20. The van der Waals surface area contributed by atoms with E-state index in [0.717, 1.165) is 15.8 Å². The second-order valence-electron chi connectivity index (χ2n) is 6.21. The van der Waals surface area contributed by atoms with Crippen LogP contribution in [0.15, 0.2) is 47.5 Å². The molecule has 27 heavy (non-hydrogen) atoms. The Hall–Kier alpha value is -2.57. The molecule has 140 valence electrons. The number of ketones is 1. The Morgan fingerprint density at radius 3 is 2.48 bits per heavy atom. The number of rotatable bonds is 6. The van der Waals surface area contributed by atoms with E-state index < -0.39 is 0 Å². The van der Waals surface area contributed by atoms with E-state index in [1.807, 2.05) is 23.6 Å². The number of Topliss-reactive ketones (excluding diaryl/α,β-unsaturated/α-hetero) is 1. The SMILES string of the molecule is CCOCCn1c(=NC(=O)c2ccc(C(C)=O)cc2)sc2cccc(C)c21. The molecule has 6 heteroatoms. The van der Waals surface area contributed by atoms with Crippen molar-refractivity contribution in [1.82, 2.24) is 4.57 Å². The number of benzene rings is 2. The fourth-order valence-electron chi connectivity index (χ4n) is 2.90. The topological polar surface area (TPSA) is 60.7 Å². The number of aromatic nitrogens is 1. The Morgan fingerprint density at radius 2 is 1.81 bits per heavy atom. The van der Waals surface area contributed by atoms with Crippen LogP contribution in [0, 0.1) is 6.92 Å². The van der Waals surface area contributed by atoms with Crippen LogP contribution < -0.4 is 4.80 Å². The number of amides is 1. The number of hydrogen-bond donors (Lipinski definition) is 0. The van der Waals surface area contributed by atoms with Gasteiger partial charge in [-0.1, -0.05) is 35.6 Å². The number of nitrogens with zero attached hydrogens (tertiary/aromatic N) is 2. The van der Waals surface area contributed by atoms with E-state index in [9.17, 15) is 9.59 Å². The fourth-order valence-corrected chi connectivity index (χ4v) is 4.03. The zero-order chi connectivity index (χ0) is 19.4. The maximum absolute atomic E-state index is 12.6. The Labute approximate surface area is 161 Å². The van der Waals surface area contributed by atoms with Gasteiger partial charge in [0.2, 0.25) is 0 Å². The van der Waals surface area contributed by atoms with Crippen LogP contribution in [-0.4, -0.2) is 29.5 Å². The van der Waals surface area contributed by atoms with Crippen molar-refractivity contribution in [2.45, 2.75) is 27.3 Å². The summed E-state index contributed by atoms with van der Waals surface area (Å²) in [5.74, 6) is -0.348. The minimum Gasteiger partial charge on any atom is -0.380 e. The van der Waals surface area contributed by atoms with Crippen LogP contribution >= 0.6 is 11.3 Å². The molecule has 1 heterocycles. The standard InChI is InChI=1S/C21H22N2O3S/c1-4-26-13-12-23-19-14(2)6-5-7-18(19)27-21(23)22-20(25)17-10-8-16(9-11-17)15(3)24/h5-11H,4,12-13H2,1-3H3. The molecule has 0 aliphatic carbocycles.